The second kappa shape index (κ2) is 5.80. The van der Waals surface area contributed by atoms with Crippen molar-refractivity contribution in [2.24, 2.45) is 0 Å². The van der Waals surface area contributed by atoms with E-state index in [1.807, 2.05) is 22.3 Å². The smallest absolute Gasteiger partial charge is 0.124 e. The molecule has 0 saturated heterocycles. The van der Waals surface area contributed by atoms with Gasteiger partial charge >= 0.3 is 0 Å². The van der Waals surface area contributed by atoms with E-state index in [4.69, 9.17) is 0 Å². The van der Waals surface area contributed by atoms with Crippen LogP contribution in [-0.4, -0.2) is 9.78 Å². The number of nitrogens with one attached hydrogen (secondary N) is 1. The lowest BCUT2D eigenvalue weighted by molar-refractivity contribution is 0.531. The van der Waals surface area contributed by atoms with Gasteiger partial charge in [-0.1, -0.05) is 6.07 Å². The molecule has 0 radical (unpaired) electrons. The fourth-order valence-corrected chi connectivity index (χ4v) is 2.29. The molecule has 0 aliphatic heterocycles. The fourth-order valence-electron chi connectivity index (χ4n) is 1.64. The van der Waals surface area contributed by atoms with Crippen molar-refractivity contribution in [3.05, 3.63) is 40.3 Å². The highest BCUT2D eigenvalue weighted by atomic mass is 32.1. The molecule has 2 aromatic rings. The molecule has 0 amide bonds. The van der Waals surface area contributed by atoms with E-state index < -0.39 is 0 Å². The van der Waals surface area contributed by atoms with Gasteiger partial charge in [-0.15, -0.1) is 11.3 Å². The van der Waals surface area contributed by atoms with Crippen molar-refractivity contribution < 1.29 is 0 Å². The first kappa shape index (κ1) is 12.8. The number of hydrogen-bond acceptors (Lipinski definition) is 4. The molecule has 1 atom stereocenters. The first-order valence-corrected chi connectivity index (χ1v) is 6.78. The van der Waals surface area contributed by atoms with E-state index in [2.05, 4.69) is 36.4 Å². The summed E-state index contributed by atoms with van der Waals surface area (Å²) >= 11 is 1.69. The maximum absolute atomic E-state index is 9.21. The van der Waals surface area contributed by atoms with Crippen molar-refractivity contribution in [3.63, 3.8) is 0 Å². The van der Waals surface area contributed by atoms with Gasteiger partial charge in [0.15, 0.2) is 0 Å². The van der Waals surface area contributed by atoms with Crippen LogP contribution >= 0.6 is 11.3 Å². The number of thiophene rings is 1. The van der Waals surface area contributed by atoms with Crippen molar-refractivity contribution in [3.8, 4) is 6.07 Å². The Morgan fingerprint density at radius 2 is 2.39 bits per heavy atom. The summed E-state index contributed by atoms with van der Waals surface area (Å²) in [5, 5.41) is 18.7. The Morgan fingerprint density at radius 3 is 2.94 bits per heavy atom. The molecule has 5 heteroatoms. The van der Waals surface area contributed by atoms with Crippen LogP contribution in [0.5, 0.6) is 0 Å². The maximum atomic E-state index is 9.21. The van der Waals surface area contributed by atoms with Gasteiger partial charge in [-0.25, -0.2) is 0 Å². The number of nitriles is 1. The van der Waals surface area contributed by atoms with Crippen molar-refractivity contribution in [2.75, 3.05) is 0 Å². The van der Waals surface area contributed by atoms with Gasteiger partial charge in [-0.05, 0) is 25.3 Å². The van der Waals surface area contributed by atoms with Crippen LogP contribution in [0.25, 0.3) is 0 Å². The highest BCUT2D eigenvalue weighted by Gasteiger charge is 2.13. The quantitative estimate of drug-likeness (QED) is 0.899. The zero-order valence-electron chi connectivity index (χ0n) is 10.5. The number of hydrogen-bond donors (Lipinski definition) is 1. The third-order valence-corrected chi connectivity index (χ3v) is 3.55. The molecule has 2 aromatic heterocycles. The first-order valence-electron chi connectivity index (χ1n) is 5.90. The van der Waals surface area contributed by atoms with E-state index >= 15 is 0 Å². The molecular formula is C13H16N4S. The lowest BCUT2D eigenvalue weighted by Gasteiger charge is -2.08. The number of aromatic nitrogens is 2. The van der Waals surface area contributed by atoms with Crippen LogP contribution in [0, 0.1) is 11.3 Å². The molecule has 1 unspecified atom stereocenters. The molecule has 0 bridgehead atoms. The highest BCUT2D eigenvalue weighted by Crippen LogP contribution is 2.15. The molecule has 0 saturated carbocycles. The molecule has 18 heavy (non-hydrogen) atoms. The molecule has 0 fully saturated rings. The number of nitrogens with zero attached hydrogens (tertiary/aromatic N) is 3. The Bertz CT molecular complexity index is 521. The Balaban J connectivity index is 2.02. The normalized spacial score (nSPS) is 12.6. The molecule has 0 aliphatic carbocycles. The summed E-state index contributed by atoms with van der Waals surface area (Å²) in [5.41, 5.74) is 0.919. The van der Waals surface area contributed by atoms with Crippen LogP contribution in [0.4, 0.5) is 0 Å². The minimum atomic E-state index is -0.306. The molecule has 2 heterocycles. The largest absolute Gasteiger partial charge is 0.293 e. The van der Waals surface area contributed by atoms with Crippen LogP contribution in [0.3, 0.4) is 0 Å². The minimum absolute atomic E-state index is 0.306. The average Bonchev–Trinajstić information content (AvgIpc) is 3.00. The van der Waals surface area contributed by atoms with Crippen LogP contribution in [-0.2, 0) is 6.54 Å². The first-order chi connectivity index (χ1) is 8.70. The van der Waals surface area contributed by atoms with Crippen LogP contribution in [0.2, 0.25) is 0 Å². The molecule has 1 N–H and O–H groups in total. The van der Waals surface area contributed by atoms with Crippen LogP contribution in [0.1, 0.15) is 36.4 Å². The maximum Gasteiger partial charge on any atom is 0.124 e. The molecule has 4 nitrogen and oxygen atoms in total. The monoisotopic (exact) mass is 260 g/mol. The molecule has 0 aromatic carbocycles. The standard InChI is InChI=1S/C13H16N4S/c1-10(2)17-9-11(7-16-17)13(6-14)15-8-12-4-3-5-18-12/h3-5,7,9-10,13,15H,8H2,1-2H3. The summed E-state index contributed by atoms with van der Waals surface area (Å²) in [6, 6.07) is 6.36. The third-order valence-electron chi connectivity index (χ3n) is 2.67. The van der Waals surface area contributed by atoms with Crippen molar-refractivity contribution in [1.29, 1.82) is 5.26 Å². The SMILES string of the molecule is CC(C)n1cc(C(C#N)NCc2cccs2)cn1. The predicted molar refractivity (Wildman–Crippen MR) is 72.1 cm³/mol. The molecule has 2 rings (SSSR count). The Kier molecular flexibility index (Phi) is 4.13. The van der Waals surface area contributed by atoms with E-state index in [-0.39, 0.29) is 6.04 Å². The zero-order valence-corrected chi connectivity index (χ0v) is 11.3. The van der Waals surface area contributed by atoms with Gasteiger partial charge < -0.3 is 0 Å². The van der Waals surface area contributed by atoms with Gasteiger partial charge in [-0.2, -0.15) is 10.4 Å². The van der Waals surface area contributed by atoms with E-state index in [9.17, 15) is 5.26 Å². The van der Waals surface area contributed by atoms with Crippen molar-refractivity contribution in [1.82, 2.24) is 15.1 Å². The Hall–Kier alpha value is -1.64. The summed E-state index contributed by atoms with van der Waals surface area (Å²) in [7, 11) is 0. The van der Waals surface area contributed by atoms with E-state index in [0.29, 0.717) is 12.6 Å². The van der Waals surface area contributed by atoms with Gasteiger partial charge in [-0.3, -0.25) is 10.00 Å². The van der Waals surface area contributed by atoms with Gasteiger partial charge in [0.1, 0.15) is 6.04 Å². The second-order valence-electron chi connectivity index (χ2n) is 4.37. The molecular weight excluding hydrogens is 244 g/mol. The fraction of sp³-hybridized carbons (Fsp3) is 0.385. The summed E-state index contributed by atoms with van der Waals surface area (Å²) in [4.78, 5) is 1.23. The lowest BCUT2D eigenvalue weighted by atomic mass is 10.2. The van der Waals surface area contributed by atoms with Crippen LogP contribution in [0.15, 0.2) is 29.9 Å². The summed E-state index contributed by atoms with van der Waals surface area (Å²) in [5.74, 6) is 0. The molecule has 94 valence electrons. The van der Waals surface area contributed by atoms with Crippen LogP contribution < -0.4 is 5.32 Å². The van der Waals surface area contributed by atoms with E-state index in [1.54, 1.807) is 17.5 Å². The Morgan fingerprint density at radius 1 is 1.56 bits per heavy atom. The van der Waals surface area contributed by atoms with Gasteiger partial charge in [0.05, 0.1) is 12.3 Å². The minimum Gasteiger partial charge on any atom is -0.293 e. The van der Waals surface area contributed by atoms with Gasteiger partial charge in [0, 0.05) is 29.2 Å². The van der Waals surface area contributed by atoms with E-state index in [0.717, 1.165) is 5.56 Å². The summed E-state index contributed by atoms with van der Waals surface area (Å²) < 4.78 is 1.87. The zero-order chi connectivity index (χ0) is 13.0. The average molecular weight is 260 g/mol. The Labute approximate surface area is 111 Å². The molecule has 0 aliphatic rings. The van der Waals surface area contributed by atoms with Crippen molar-refractivity contribution >= 4 is 11.3 Å². The van der Waals surface area contributed by atoms with Gasteiger partial charge in [0.2, 0.25) is 0 Å². The lowest BCUT2D eigenvalue weighted by Crippen LogP contribution is -2.18. The second-order valence-corrected chi connectivity index (χ2v) is 5.40. The predicted octanol–water partition coefficient (Wildman–Crippen LogP) is 2.88. The topological polar surface area (TPSA) is 53.6 Å². The summed E-state index contributed by atoms with van der Waals surface area (Å²) in [6.45, 7) is 4.84. The molecule has 0 spiro atoms. The van der Waals surface area contributed by atoms with E-state index in [1.165, 1.54) is 4.88 Å². The van der Waals surface area contributed by atoms with Crippen molar-refractivity contribution in [2.45, 2.75) is 32.5 Å². The highest BCUT2D eigenvalue weighted by molar-refractivity contribution is 7.09. The third kappa shape index (κ3) is 2.97. The summed E-state index contributed by atoms with van der Waals surface area (Å²) in [6.07, 6.45) is 3.69. The van der Waals surface area contributed by atoms with Gasteiger partial charge in [0.25, 0.3) is 0 Å². The number of rotatable bonds is 5.